The fourth-order valence-electron chi connectivity index (χ4n) is 2.88. The molecule has 1 N–H and O–H groups in total. The summed E-state index contributed by atoms with van der Waals surface area (Å²) in [5.74, 6) is 0.593. The molecule has 7 nitrogen and oxygen atoms in total. The first-order chi connectivity index (χ1) is 14.5. The van der Waals surface area contributed by atoms with Gasteiger partial charge in [-0.1, -0.05) is 0 Å². The minimum Gasteiger partial charge on any atom is -0.497 e. The predicted molar refractivity (Wildman–Crippen MR) is 111 cm³/mol. The summed E-state index contributed by atoms with van der Waals surface area (Å²) in [7, 11) is 3.07. The van der Waals surface area contributed by atoms with E-state index in [2.05, 4.69) is 10.4 Å². The topological polar surface area (TPSA) is 82.5 Å². The normalized spacial score (nSPS) is 10.5. The number of anilines is 1. The molecule has 0 saturated carbocycles. The molecule has 0 atom stereocenters. The SMILES string of the molecule is COc1cc(NC(=O)CCCn2nc(-c3ccc(F)cc3)ccc2=O)cc(OC)c1. The zero-order valence-electron chi connectivity index (χ0n) is 16.7. The number of carbonyl (C=O) groups is 1. The number of rotatable bonds is 8. The summed E-state index contributed by atoms with van der Waals surface area (Å²) in [6.45, 7) is 0.280. The van der Waals surface area contributed by atoms with Crippen LogP contribution in [0.1, 0.15) is 12.8 Å². The molecule has 0 aliphatic carbocycles. The summed E-state index contributed by atoms with van der Waals surface area (Å²) in [6, 6.07) is 14.0. The molecule has 0 aliphatic rings. The Morgan fingerprint density at radius 1 is 1.03 bits per heavy atom. The number of halogens is 1. The van der Waals surface area contributed by atoms with Gasteiger partial charge >= 0.3 is 0 Å². The van der Waals surface area contributed by atoms with E-state index in [4.69, 9.17) is 9.47 Å². The second kappa shape index (κ2) is 9.69. The Labute approximate surface area is 173 Å². The van der Waals surface area contributed by atoms with E-state index < -0.39 is 0 Å². The van der Waals surface area contributed by atoms with E-state index in [1.807, 2.05) is 0 Å². The van der Waals surface area contributed by atoms with E-state index in [1.165, 1.54) is 37.1 Å². The van der Waals surface area contributed by atoms with E-state index >= 15 is 0 Å². The highest BCUT2D eigenvalue weighted by atomic mass is 19.1. The fourth-order valence-corrected chi connectivity index (χ4v) is 2.88. The first-order valence-electron chi connectivity index (χ1n) is 9.35. The quantitative estimate of drug-likeness (QED) is 0.614. The van der Waals surface area contributed by atoms with Gasteiger partial charge < -0.3 is 14.8 Å². The Morgan fingerprint density at radius 3 is 2.33 bits per heavy atom. The van der Waals surface area contributed by atoms with Crippen molar-refractivity contribution in [2.75, 3.05) is 19.5 Å². The van der Waals surface area contributed by atoms with Crippen LogP contribution in [0.25, 0.3) is 11.3 Å². The van der Waals surface area contributed by atoms with Crippen LogP contribution in [0.4, 0.5) is 10.1 Å². The number of aromatic nitrogens is 2. The molecule has 0 bridgehead atoms. The Bertz CT molecular complexity index is 1060. The average Bonchev–Trinajstić information content (AvgIpc) is 2.75. The maximum Gasteiger partial charge on any atom is 0.266 e. The van der Waals surface area contributed by atoms with E-state index in [-0.39, 0.29) is 30.2 Å². The first-order valence-corrected chi connectivity index (χ1v) is 9.35. The summed E-state index contributed by atoms with van der Waals surface area (Å²) in [5.41, 5.74) is 1.56. The number of carbonyl (C=O) groups excluding carboxylic acids is 1. The standard InChI is InChI=1S/C22H22FN3O4/c1-29-18-12-17(13-19(14-18)30-2)24-21(27)4-3-11-26-22(28)10-9-20(25-26)15-5-7-16(23)8-6-15/h5-10,12-14H,3-4,11H2,1-2H3,(H,24,27). The molecule has 0 saturated heterocycles. The number of methoxy groups -OCH3 is 2. The first kappa shape index (κ1) is 21.0. The molecule has 156 valence electrons. The molecule has 2 aromatic carbocycles. The van der Waals surface area contributed by atoms with Crippen LogP contribution in [-0.2, 0) is 11.3 Å². The summed E-state index contributed by atoms with van der Waals surface area (Å²) in [5, 5.41) is 7.11. The lowest BCUT2D eigenvalue weighted by atomic mass is 10.1. The van der Waals surface area contributed by atoms with Gasteiger partial charge in [0.2, 0.25) is 5.91 Å². The Hall–Kier alpha value is -3.68. The van der Waals surface area contributed by atoms with Gasteiger partial charge in [-0.05, 0) is 36.8 Å². The van der Waals surface area contributed by atoms with Crippen molar-refractivity contribution in [3.63, 3.8) is 0 Å². The molecule has 0 aliphatic heterocycles. The van der Waals surface area contributed by atoms with Gasteiger partial charge in [-0.2, -0.15) is 5.10 Å². The molecule has 0 unspecified atom stereocenters. The van der Waals surface area contributed by atoms with Crippen molar-refractivity contribution in [2.24, 2.45) is 0 Å². The van der Waals surface area contributed by atoms with Crippen molar-refractivity contribution in [3.8, 4) is 22.8 Å². The molecule has 8 heteroatoms. The molecule has 1 heterocycles. The summed E-state index contributed by atoms with van der Waals surface area (Å²) < 4.78 is 24.8. The number of nitrogens with one attached hydrogen (secondary N) is 1. The van der Waals surface area contributed by atoms with Crippen LogP contribution in [0.3, 0.4) is 0 Å². The van der Waals surface area contributed by atoms with Crippen molar-refractivity contribution in [3.05, 3.63) is 70.8 Å². The molecular formula is C22H22FN3O4. The Morgan fingerprint density at radius 2 is 1.70 bits per heavy atom. The molecule has 3 rings (SSSR count). The van der Waals surface area contributed by atoms with Crippen LogP contribution in [0, 0.1) is 5.82 Å². The van der Waals surface area contributed by atoms with Gasteiger partial charge in [-0.3, -0.25) is 9.59 Å². The van der Waals surface area contributed by atoms with Crippen LogP contribution in [0.2, 0.25) is 0 Å². The van der Waals surface area contributed by atoms with Crippen LogP contribution >= 0.6 is 0 Å². The molecule has 3 aromatic rings. The van der Waals surface area contributed by atoms with Gasteiger partial charge in [-0.25, -0.2) is 9.07 Å². The van der Waals surface area contributed by atoms with Crippen molar-refractivity contribution in [1.29, 1.82) is 0 Å². The van der Waals surface area contributed by atoms with E-state index in [9.17, 15) is 14.0 Å². The second-order valence-corrected chi connectivity index (χ2v) is 6.54. The third kappa shape index (κ3) is 5.44. The van der Waals surface area contributed by atoms with E-state index in [0.717, 1.165) is 0 Å². The maximum absolute atomic E-state index is 13.1. The van der Waals surface area contributed by atoms with Crippen molar-refractivity contribution >= 4 is 11.6 Å². The van der Waals surface area contributed by atoms with Crippen LogP contribution in [0.15, 0.2) is 59.4 Å². The summed E-state index contributed by atoms with van der Waals surface area (Å²) in [4.78, 5) is 24.3. The second-order valence-electron chi connectivity index (χ2n) is 6.54. The number of hydrogen-bond donors (Lipinski definition) is 1. The maximum atomic E-state index is 13.1. The minimum absolute atomic E-state index is 0.201. The van der Waals surface area contributed by atoms with Gasteiger partial charge in [-0.15, -0.1) is 0 Å². The third-order valence-electron chi connectivity index (χ3n) is 4.42. The largest absolute Gasteiger partial charge is 0.497 e. The Balaban J connectivity index is 1.61. The number of ether oxygens (including phenoxy) is 2. The lowest BCUT2D eigenvalue weighted by molar-refractivity contribution is -0.116. The molecule has 30 heavy (non-hydrogen) atoms. The number of hydrogen-bond acceptors (Lipinski definition) is 5. The zero-order chi connectivity index (χ0) is 21.5. The van der Waals surface area contributed by atoms with Gasteiger partial charge in [0.25, 0.3) is 5.56 Å². The molecular weight excluding hydrogens is 389 g/mol. The summed E-state index contributed by atoms with van der Waals surface area (Å²) in [6.07, 6.45) is 0.626. The fraction of sp³-hybridized carbons (Fsp3) is 0.227. The van der Waals surface area contributed by atoms with Gasteiger partial charge in [0, 0.05) is 48.5 Å². The average molecular weight is 411 g/mol. The van der Waals surface area contributed by atoms with Crippen molar-refractivity contribution < 1.29 is 18.7 Å². The number of amides is 1. The monoisotopic (exact) mass is 411 g/mol. The van der Waals surface area contributed by atoms with E-state index in [1.54, 1.807) is 36.4 Å². The summed E-state index contributed by atoms with van der Waals surface area (Å²) >= 11 is 0. The van der Waals surface area contributed by atoms with E-state index in [0.29, 0.717) is 34.9 Å². The number of benzene rings is 2. The zero-order valence-corrected chi connectivity index (χ0v) is 16.7. The molecule has 1 amide bonds. The number of aryl methyl sites for hydroxylation is 1. The van der Waals surface area contributed by atoms with Crippen molar-refractivity contribution in [2.45, 2.75) is 19.4 Å². The van der Waals surface area contributed by atoms with Crippen LogP contribution in [0.5, 0.6) is 11.5 Å². The molecule has 0 fully saturated rings. The van der Waals surface area contributed by atoms with Crippen molar-refractivity contribution in [1.82, 2.24) is 9.78 Å². The molecule has 0 spiro atoms. The highest BCUT2D eigenvalue weighted by Crippen LogP contribution is 2.25. The highest BCUT2D eigenvalue weighted by molar-refractivity contribution is 5.91. The van der Waals surface area contributed by atoms with Crippen LogP contribution in [-0.4, -0.2) is 29.9 Å². The Kier molecular flexibility index (Phi) is 6.79. The third-order valence-corrected chi connectivity index (χ3v) is 4.42. The van der Waals surface area contributed by atoms with Crippen LogP contribution < -0.4 is 20.3 Å². The number of nitrogens with zero attached hydrogens (tertiary/aromatic N) is 2. The lowest BCUT2D eigenvalue weighted by Crippen LogP contribution is -2.23. The van der Waals surface area contributed by atoms with Gasteiger partial charge in [0.1, 0.15) is 17.3 Å². The smallest absolute Gasteiger partial charge is 0.266 e. The molecule has 0 radical (unpaired) electrons. The lowest BCUT2D eigenvalue weighted by Gasteiger charge is -2.10. The molecule has 1 aromatic heterocycles. The van der Waals surface area contributed by atoms with Gasteiger partial charge in [0.15, 0.2) is 0 Å². The minimum atomic E-state index is -0.341. The van der Waals surface area contributed by atoms with Gasteiger partial charge in [0.05, 0.1) is 19.9 Å². The predicted octanol–water partition coefficient (Wildman–Crippen LogP) is 3.49. The highest BCUT2D eigenvalue weighted by Gasteiger charge is 2.08.